The zero-order valence-electron chi connectivity index (χ0n) is 9.83. The molecule has 0 aromatic heterocycles. The Morgan fingerprint density at radius 3 is 2.50 bits per heavy atom. The number of hydrogen-bond acceptors (Lipinski definition) is 3. The molecular formula is C13H15NO2. The van der Waals surface area contributed by atoms with Crippen molar-refractivity contribution in [3.05, 3.63) is 34.4 Å². The van der Waals surface area contributed by atoms with Gasteiger partial charge in [0.2, 0.25) is 0 Å². The average molecular weight is 217 g/mol. The summed E-state index contributed by atoms with van der Waals surface area (Å²) in [5.74, 6) is -0.395. The molecule has 0 aliphatic heterocycles. The monoisotopic (exact) mass is 217 g/mol. The van der Waals surface area contributed by atoms with Crippen LogP contribution in [0.25, 0.3) is 0 Å². The smallest absolute Gasteiger partial charge is 0.337 e. The number of aryl methyl sites for hydroxylation is 1. The highest BCUT2D eigenvalue weighted by atomic mass is 16.5. The van der Waals surface area contributed by atoms with E-state index in [9.17, 15) is 4.79 Å². The predicted octanol–water partition coefficient (Wildman–Crippen LogP) is 2.47. The molecule has 16 heavy (non-hydrogen) atoms. The van der Waals surface area contributed by atoms with E-state index < -0.39 is 5.97 Å². The van der Waals surface area contributed by atoms with Gasteiger partial charge in [0.05, 0.1) is 24.3 Å². The molecule has 0 saturated heterocycles. The zero-order chi connectivity index (χ0) is 12.1. The first kappa shape index (κ1) is 12.3. The summed E-state index contributed by atoms with van der Waals surface area (Å²) in [4.78, 5) is 11.4. The van der Waals surface area contributed by atoms with Crippen molar-refractivity contribution in [2.75, 3.05) is 7.11 Å². The van der Waals surface area contributed by atoms with Crippen molar-refractivity contribution >= 4 is 5.97 Å². The average Bonchev–Trinajstić information content (AvgIpc) is 2.35. The maximum absolute atomic E-state index is 11.4. The Morgan fingerprint density at radius 1 is 1.38 bits per heavy atom. The van der Waals surface area contributed by atoms with Crippen LogP contribution in [0, 0.1) is 11.3 Å². The number of esters is 1. The quantitative estimate of drug-likeness (QED) is 0.731. The van der Waals surface area contributed by atoms with E-state index in [1.54, 1.807) is 6.07 Å². The van der Waals surface area contributed by atoms with Crippen LogP contribution >= 0.6 is 0 Å². The van der Waals surface area contributed by atoms with Gasteiger partial charge >= 0.3 is 5.97 Å². The number of benzene rings is 1. The first-order valence-corrected chi connectivity index (χ1v) is 5.32. The molecule has 0 radical (unpaired) electrons. The summed E-state index contributed by atoms with van der Waals surface area (Å²) < 4.78 is 4.66. The topological polar surface area (TPSA) is 50.1 Å². The van der Waals surface area contributed by atoms with E-state index in [1.807, 2.05) is 19.9 Å². The number of hydrogen-bond donors (Lipinski definition) is 0. The first-order valence-electron chi connectivity index (χ1n) is 5.32. The van der Waals surface area contributed by atoms with Crippen LogP contribution in [0.5, 0.6) is 0 Å². The molecule has 3 nitrogen and oxygen atoms in total. The van der Waals surface area contributed by atoms with Crippen LogP contribution in [-0.4, -0.2) is 13.1 Å². The molecule has 0 unspecified atom stereocenters. The summed E-state index contributed by atoms with van der Waals surface area (Å²) in [7, 11) is 1.34. The third-order valence-corrected chi connectivity index (χ3v) is 2.62. The van der Waals surface area contributed by atoms with Gasteiger partial charge in [-0.1, -0.05) is 13.8 Å². The van der Waals surface area contributed by atoms with Gasteiger partial charge in [0, 0.05) is 0 Å². The standard InChI is InChI=1S/C13H15NO2/c1-4-9-6-10(13(15)16-3)7-11(8-14)12(9)5-2/h6-7H,4-5H2,1-3H3. The number of nitriles is 1. The molecule has 0 bridgehead atoms. The van der Waals surface area contributed by atoms with E-state index in [0.717, 1.165) is 24.0 Å². The van der Waals surface area contributed by atoms with Gasteiger partial charge in [0.25, 0.3) is 0 Å². The van der Waals surface area contributed by atoms with E-state index in [0.29, 0.717) is 11.1 Å². The molecule has 3 heteroatoms. The molecule has 0 aliphatic rings. The summed E-state index contributed by atoms with van der Waals surface area (Å²) in [6, 6.07) is 5.54. The van der Waals surface area contributed by atoms with Crippen molar-refractivity contribution < 1.29 is 9.53 Å². The third-order valence-electron chi connectivity index (χ3n) is 2.62. The Hall–Kier alpha value is -1.82. The maximum atomic E-state index is 11.4. The number of ether oxygens (including phenoxy) is 1. The van der Waals surface area contributed by atoms with E-state index in [-0.39, 0.29) is 0 Å². The van der Waals surface area contributed by atoms with E-state index in [4.69, 9.17) is 5.26 Å². The molecule has 84 valence electrons. The van der Waals surface area contributed by atoms with E-state index in [1.165, 1.54) is 7.11 Å². The van der Waals surface area contributed by atoms with Crippen LogP contribution in [0.4, 0.5) is 0 Å². The highest BCUT2D eigenvalue weighted by Gasteiger charge is 2.12. The highest BCUT2D eigenvalue weighted by Crippen LogP contribution is 2.19. The molecular weight excluding hydrogens is 202 g/mol. The van der Waals surface area contributed by atoms with E-state index >= 15 is 0 Å². The minimum atomic E-state index is -0.395. The zero-order valence-corrected chi connectivity index (χ0v) is 9.83. The van der Waals surface area contributed by atoms with Crippen LogP contribution in [0.15, 0.2) is 12.1 Å². The minimum Gasteiger partial charge on any atom is -0.465 e. The Bertz CT molecular complexity index is 444. The molecule has 0 spiro atoms. The number of nitrogens with zero attached hydrogens (tertiary/aromatic N) is 1. The Morgan fingerprint density at radius 2 is 2.06 bits per heavy atom. The van der Waals surface area contributed by atoms with Gasteiger partial charge < -0.3 is 4.74 Å². The highest BCUT2D eigenvalue weighted by molar-refractivity contribution is 5.90. The summed E-state index contributed by atoms with van der Waals surface area (Å²) in [5.41, 5.74) is 3.09. The lowest BCUT2D eigenvalue weighted by Gasteiger charge is -2.10. The normalized spacial score (nSPS) is 9.62. The number of carbonyl (C=O) groups excluding carboxylic acids is 1. The second-order valence-corrected chi connectivity index (χ2v) is 3.47. The number of carbonyl (C=O) groups is 1. The second kappa shape index (κ2) is 5.32. The largest absolute Gasteiger partial charge is 0.465 e. The van der Waals surface area contributed by atoms with Crippen molar-refractivity contribution in [3.63, 3.8) is 0 Å². The number of methoxy groups -OCH3 is 1. The van der Waals surface area contributed by atoms with Crippen LogP contribution in [0.3, 0.4) is 0 Å². The van der Waals surface area contributed by atoms with Gasteiger partial charge in [-0.05, 0) is 36.1 Å². The van der Waals surface area contributed by atoms with Crippen molar-refractivity contribution in [2.45, 2.75) is 26.7 Å². The van der Waals surface area contributed by atoms with Crippen molar-refractivity contribution in [3.8, 4) is 6.07 Å². The van der Waals surface area contributed by atoms with Gasteiger partial charge in [-0.15, -0.1) is 0 Å². The fraction of sp³-hybridized carbons (Fsp3) is 0.385. The Balaban J connectivity index is 3.38. The molecule has 1 aromatic rings. The van der Waals surface area contributed by atoms with Crippen LogP contribution in [0.2, 0.25) is 0 Å². The lowest BCUT2D eigenvalue weighted by atomic mass is 9.95. The molecule has 1 aromatic carbocycles. The molecule has 0 N–H and O–H groups in total. The van der Waals surface area contributed by atoms with Crippen LogP contribution < -0.4 is 0 Å². The van der Waals surface area contributed by atoms with Crippen molar-refractivity contribution in [2.24, 2.45) is 0 Å². The van der Waals surface area contributed by atoms with Crippen molar-refractivity contribution in [1.29, 1.82) is 5.26 Å². The predicted molar refractivity (Wildman–Crippen MR) is 61.3 cm³/mol. The molecule has 0 aliphatic carbocycles. The minimum absolute atomic E-state index is 0.395. The summed E-state index contributed by atoms with van der Waals surface area (Å²) in [5, 5.41) is 9.05. The summed E-state index contributed by atoms with van der Waals surface area (Å²) >= 11 is 0. The van der Waals surface area contributed by atoms with Gasteiger partial charge in [-0.25, -0.2) is 4.79 Å². The second-order valence-electron chi connectivity index (χ2n) is 3.47. The molecule has 1 rings (SSSR count). The van der Waals surface area contributed by atoms with Crippen LogP contribution in [0.1, 0.15) is 40.9 Å². The number of rotatable bonds is 3. The van der Waals surface area contributed by atoms with Gasteiger partial charge in [-0.2, -0.15) is 5.26 Å². The molecule has 0 heterocycles. The fourth-order valence-electron chi connectivity index (χ4n) is 1.80. The van der Waals surface area contributed by atoms with Gasteiger partial charge in [0.15, 0.2) is 0 Å². The lowest BCUT2D eigenvalue weighted by Crippen LogP contribution is -2.05. The van der Waals surface area contributed by atoms with Gasteiger partial charge in [0.1, 0.15) is 0 Å². The summed E-state index contributed by atoms with van der Waals surface area (Å²) in [6.45, 7) is 4.02. The Labute approximate surface area is 95.7 Å². The molecule has 0 fully saturated rings. The Kier molecular flexibility index (Phi) is 4.07. The lowest BCUT2D eigenvalue weighted by molar-refractivity contribution is 0.0600. The summed E-state index contributed by atoms with van der Waals surface area (Å²) in [6.07, 6.45) is 1.61. The van der Waals surface area contributed by atoms with Crippen molar-refractivity contribution in [1.82, 2.24) is 0 Å². The fourth-order valence-corrected chi connectivity index (χ4v) is 1.80. The van der Waals surface area contributed by atoms with E-state index in [2.05, 4.69) is 10.8 Å². The first-order chi connectivity index (χ1) is 7.67. The third kappa shape index (κ3) is 2.22. The SMILES string of the molecule is CCc1cc(C(=O)OC)cc(C#N)c1CC. The van der Waals surface area contributed by atoms with Crippen LogP contribution in [-0.2, 0) is 17.6 Å². The molecule has 0 saturated carbocycles. The van der Waals surface area contributed by atoms with Gasteiger partial charge in [-0.3, -0.25) is 0 Å². The molecule has 0 atom stereocenters. The molecule has 0 amide bonds. The maximum Gasteiger partial charge on any atom is 0.337 e.